The molecule has 1 fully saturated rings. The number of aliphatic carboxylic acids is 1. The monoisotopic (exact) mass is 312 g/mol. The third-order valence-electron chi connectivity index (χ3n) is 3.56. The minimum Gasteiger partial charge on any atom is -0.490 e. The first-order valence-electron chi connectivity index (χ1n) is 7.11. The molecule has 1 unspecified atom stereocenters. The molecule has 1 aliphatic heterocycles. The van der Waals surface area contributed by atoms with Gasteiger partial charge in [-0.3, -0.25) is 4.79 Å². The van der Waals surface area contributed by atoms with Gasteiger partial charge in [0.1, 0.15) is 23.8 Å². The summed E-state index contributed by atoms with van der Waals surface area (Å²) in [5.74, 6) is -2.75. The maximum absolute atomic E-state index is 13.4. The van der Waals surface area contributed by atoms with Crippen LogP contribution >= 0.6 is 0 Å². The molecule has 5 nitrogen and oxygen atoms in total. The molecule has 1 saturated heterocycles. The van der Waals surface area contributed by atoms with Crippen molar-refractivity contribution in [1.82, 2.24) is 0 Å². The van der Waals surface area contributed by atoms with Crippen LogP contribution in [0.1, 0.15) is 39.2 Å². The maximum atomic E-state index is 13.4. The van der Waals surface area contributed by atoms with Crippen molar-refractivity contribution < 1.29 is 28.5 Å². The molecule has 1 aromatic carbocycles. The van der Waals surface area contributed by atoms with E-state index in [1.165, 1.54) is 25.1 Å². The highest BCUT2D eigenvalue weighted by Crippen LogP contribution is 2.33. The van der Waals surface area contributed by atoms with Gasteiger partial charge in [0, 0.05) is 11.6 Å². The van der Waals surface area contributed by atoms with Crippen LogP contribution in [0, 0.1) is 5.82 Å². The molecule has 1 aromatic rings. The molecule has 122 valence electrons. The number of carboxylic acids is 1. The molecule has 1 heterocycles. The van der Waals surface area contributed by atoms with E-state index in [9.17, 15) is 9.18 Å². The standard InChI is InChI=1S/C16H21FO5/c1-10(14(18)19)12-6-5-11(17)7-13(12)20-8-16(4)9-21-15(2,3)22-16/h5-7,10H,8-9H2,1-4H3,(H,18,19)/t10?,16-/m1/s1. The number of carboxylic acid groups (broad SMARTS) is 1. The summed E-state index contributed by atoms with van der Waals surface area (Å²) >= 11 is 0. The van der Waals surface area contributed by atoms with Gasteiger partial charge in [0.05, 0.1) is 12.5 Å². The highest BCUT2D eigenvalue weighted by atomic mass is 19.1. The summed E-state index contributed by atoms with van der Waals surface area (Å²) < 4.78 is 30.4. The average molecular weight is 312 g/mol. The SMILES string of the molecule is CC(C(=O)O)c1ccc(F)cc1OC[C@]1(C)COC(C)(C)O1. The third kappa shape index (κ3) is 3.75. The smallest absolute Gasteiger partial charge is 0.310 e. The van der Waals surface area contributed by atoms with E-state index in [1.807, 2.05) is 6.92 Å². The molecule has 0 aromatic heterocycles. The van der Waals surface area contributed by atoms with E-state index in [0.29, 0.717) is 12.2 Å². The molecule has 6 heteroatoms. The molecule has 1 N–H and O–H groups in total. The second kappa shape index (κ2) is 5.85. The van der Waals surface area contributed by atoms with Gasteiger partial charge < -0.3 is 19.3 Å². The largest absolute Gasteiger partial charge is 0.490 e. The number of halogens is 1. The van der Waals surface area contributed by atoms with Gasteiger partial charge in [-0.2, -0.15) is 0 Å². The number of hydrogen-bond donors (Lipinski definition) is 1. The highest BCUT2D eigenvalue weighted by Gasteiger charge is 2.42. The number of benzene rings is 1. The van der Waals surface area contributed by atoms with Gasteiger partial charge in [0.15, 0.2) is 5.79 Å². The normalized spacial score (nSPS) is 25.0. The molecule has 2 atom stereocenters. The second-order valence-corrected chi connectivity index (χ2v) is 6.27. The zero-order chi connectivity index (χ0) is 16.5. The van der Waals surface area contributed by atoms with Crippen LogP contribution in [0.5, 0.6) is 5.75 Å². The van der Waals surface area contributed by atoms with Crippen LogP contribution < -0.4 is 4.74 Å². The Kier molecular flexibility index (Phi) is 4.44. The minimum absolute atomic E-state index is 0.138. The fourth-order valence-electron chi connectivity index (χ4n) is 2.40. The summed E-state index contributed by atoms with van der Waals surface area (Å²) in [4.78, 5) is 11.2. The van der Waals surface area contributed by atoms with Crippen molar-refractivity contribution in [2.24, 2.45) is 0 Å². The molecular formula is C16H21FO5. The van der Waals surface area contributed by atoms with Crippen molar-refractivity contribution in [1.29, 1.82) is 0 Å². The summed E-state index contributed by atoms with van der Waals surface area (Å²) in [6.45, 7) is 7.46. The average Bonchev–Trinajstić information content (AvgIpc) is 2.70. The Morgan fingerprint density at radius 2 is 2.14 bits per heavy atom. The van der Waals surface area contributed by atoms with Crippen molar-refractivity contribution in [3.05, 3.63) is 29.6 Å². The fraction of sp³-hybridized carbons (Fsp3) is 0.562. The van der Waals surface area contributed by atoms with Crippen molar-refractivity contribution in [3.63, 3.8) is 0 Å². The van der Waals surface area contributed by atoms with Crippen molar-refractivity contribution in [3.8, 4) is 5.75 Å². The van der Waals surface area contributed by atoms with Crippen molar-refractivity contribution in [2.45, 2.75) is 45.0 Å². The second-order valence-electron chi connectivity index (χ2n) is 6.27. The predicted octanol–water partition coefficient (Wildman–Crippen LogP) is 2.93. The van der Waals surface area contributed by atoms with Gasteiger partial charge in [0.2, 0.25) is 0 Å². The minimum atomic E-state index is -0.996. The summed E-state index contributed by atoms with van der Waals surface area (Å²) in [6.07, 6.45) is 0. The molecule has 0 amide bonds. The third-order valence-corrected chi connectivity index (χ3v) is 3.56. The van der Waals surface area contributed by atoms with Gasteiger partial charge >= 0.3 is 5.97 Å². The summed E-state index contributed by atoms with van der Waals surface area (Å²) in [7, 11) is 0. The zero-order valence-corrected chi connectivity index (χ0v) is 13.2. The number of carbonyl (C=O) groups is 1. The lowest BCUT2D eigenvalue weighted by Gasteiger charge is -2.26. The van der Waals surface area contributed by atoms with Crippen LogP contribution in [0.2, 0.25) is 0 Å². The fourth-order valence-corrected chi connectivity index (χ4v) is 2.40. The molecule has 1 aliphatic rings. The van der Waals surface area contributed by atoms with Gasteiger partial charge in [-0.25, -0.2) is 4.39 Å². The Morgan fingerprint density at radius 1 is 1.45 bits per heavy atom. The van der Waals surface area contributed by atoms with Crippen LogP contribution in [-0.2, 0) is 14.3 Å². The lowest BCUT2D eigenvalue weighted by atomic mass is 10.00. The lowest BCUT2D eigenvalue weighted by Crippen LogP contribution is -2.37. The molecule has 22 heavy (non-hydrogen) atoms. The van der Waals surface area contributed by atoms with E-state index >= 15 is 0 Å². The van der Waals surface area contributed by atoms with Crippen LogP contribution in [-0.4, -0.2) is 35.7 Å². The molecule has 0 saturated carbocycles. The highest BCUT2D eigenvalue weighted by molar-refractivity contribution is 5.76. The van der Waals surface area contributed by atoms with Crippen LogP contribution in [0.25, 0.3) is 0 Å². The van der Waals surface area contributed by atoms with Crippen molar-refractivity contribution >= 4 is 5.97 Å². The predicted molar refractivity (Wildman–Crippen MR) is 77.5 cm³/mol. The van der Waals surface area contributed by atoms with Crippen LogP contribution in [0.4, 0.5) is 4.39 Å². The van der Waals surface area contributed by atoms with Gasteiger partial charge in [-0.1, -0.05) is 6.07 Å². The number of hydrogen-bond acceptors (Lipinski definition) is 4. The van der Waals surface area contributed by atoms with Crippen LogP contribution in [0.3, 0.4) is 0 Å². The molecule has 2 rings (SSSR count). The molecule has 0 aliphatic carbocycles. The first kappa shape index (κ1) is 16.7. The molecule has 0 spiro atoms. The van der Waals surface area contributed by atoms with Gasteiger partial charge in [-0.15, -0.1) is 0 Å². The van der Waals surface area contributed by atoms with Crippen LogP contribution in [0.15, 0.2) is 18.2 Å². The van der Waals surface area contributed by atoms with Gasteiger partial charge in [0.25, 0.3) is 0 Å². The quantitative estimate of drug-likeness (QED) is 0.905. The first-order chi connectivity index (χ1) is 10.1. The van der Waals surface area contributed by atoms with E-state index in [4.69, 9.17) is 19.3 Å². The molecule has 0 bridgehead atoms. The van der Waals surface area contributed by atoms with Crippen molar-refractivity contribution in [2.75, 3.05) is 13.2 Å². The summed E-state index contributed by atoms with van der Waals surface area (Å²) in [6, 6.07) is 3.85. The lowest BCUT2D eigenvalue weighted by molar-refractivity contribution is -0.162. The Hall–Kier alpha value is -1.66. The Balaban J connectivity index is 2.16. The Morgan fingerprint density at radius 3 is 2.68 bits per heavy atom. The first-order valence-corrected chi connectivity index (χ1v) is 7.11. The summed E-state index contributed by atoms with van der Waals surface area (Å²) in [5.41, 5.74) is -0.241. The van der Waals surface area contributed by atoms with E-state index in [0.717, 1.165) is 0 Å². The topological polar surface area (TPSA) is 65.0 Å². The van der Waals surface area contributed by atoms with E-state index in [1.54, 1.807) is 13.8 Å². The molecule has 0 radical (unpaired) electrons. The Bertz CT molecular complexity index is 572. The maximum Gasteiger partial charge on any atom is 0.310 e. The molecular weight excluding hydrogens is 291 g/mol. The van der Waals surface area contributed by atoms with E-state index < -0.39 is 29.1 Å². The zero-order valence-electron chi connectivity index (χ0n) is 13.2. The number of ether oxygens (including phenoxy) is 3. The Labute approximate surface area is 129 Å². The van der Waals surface area contributed by atoms with Gasteiger partial charge in [-0.05, 0) is 33.8 Å². The number of rotatable bonds is 5. The summed E-state index contributed by atoms with van der Waals surface area (Å²) in [5, 5.41) is 9.13. The van der Waals surface area contributed by atoms with E-state index in [2.05, 4.69) is 0 Å². The van der Waals surface area contributed by atoms with E-state index in [-0.39, 0.29) is 12.4 Å².